The number of aromatic amines is 1. The average Bonchev–Trinajstić information content (AvgIpc) is 2.27. The van der Waals surface area contributed by atoms with Crippen LogP contribution in [0.2, 0.25) is 0 Å². The van der Waals surface area contributed by atoms with Gasteiger partial charge in [-0.05, 0) is 6.92 Å². The van der Waals surface area contributed by atoms with Crippen molar-refractivity contribution in [2.24, 2.45) is 9.98 Å². The fourth-order valence-corrected chi connectivity index (χ4v) is 1.59. The topological polar surface area (TPSA) is 137 Å². The summed E-state index contributed by atoms with van der Waals surface area (Å²) in [4.78, 5) is 25.7. The third-order valence-corrected chi connectivity index (χ3v) is 2.51. The molecule has 0 saturated carbocycles. The van der Waals surface area contributed by atoms with E-state index in [4.69, 9.17) is 5.73 Å². The molecule has 1 aliphatic rings. The number of nitrogens with zero attached hydrogens (tertiary/aromatic N) is 3. The molecular formula is C9H15Cl2N5O3. The molecule has 0 aromatic carbocycles. The molecule has 8 nitrogen and oxygen atoms in total. The first kappa shape index (κ1) is 17.8. The Labute approximate surface area is 120 Å². The van der Waals surface area contributed by atoms with Crippen LogP contribution in [0.4, 0.5) is 5.95 Å². The van der Waals surface area contributed by atoms with Crippen LogP contribution in [0.25, 0.3) is 0 Å². The molecule has 3 unspecified atom stereocenters. The normalized spacial score (nSPS) is 19.6. The van der Waals surface area contributed by atoms with Crippen molar-refractivity contribution in [3.05, 3.63) is 21.2 Å². The Bertz CT molecular complexity index is 603. The summed E-state index contributed by atoms with van der Waals surface area (Å²) in [6, 6.07) is -0.644. The lowest BCUT2D eigenvalue weighted by Crippen LogP contribution is -2.50. The van der Waals surface area contributed by atoms with Crippen LogP contribution in [0.3, 0.4) is 0 Å². The van der Waals surface area contributed by atoms with Crippen LogP contribution in [-0.4, -0.2) is 45.0 Å². The molecule has 0 spiro atoms. The molecule has 2 rings (SSSR count). The van der Waals surface area contributed by atoms with Crippen molar-refractivity contribution in [3.8, 4) is 0 Å². The second-order valence-electron chi connectivity index (χ2n) is 3.89. The number of hydrogen-bond acceptors (Lipinski definition) is 7. The van der Waals surface area contributed by atoms with Gasteiger partial charge in [-0.25, -0.2) is 0 Å². The van der Waals surface area contributed by atoms with Crippen LogP contribution in [0.5, 0.6) is 0 Å². The minimum absolute atomic E-state index is 0. The molecule has 0 bridgehead atoms. The van der Waals surface area contributed by atoms with Gasteiger partial charge in [-0.3, -0.25) is 19.8 Å². The Hall–Kier alpha value is -1.22. The van der Waals surface area contributed by atoms with Crippen LogP contribution >= 0.6 is 24.8 Å². The smallest absolute Gasteiger partial charge is 0.280 e. The Morgan fingerprint density at radius 3 is 2.63 bits per heavy atom. The van der Waals surface area contributed by atoms with Gasteiger partial charge in [0.25, 0.3) is 5.56 Å². The van der Waals surface area contributed by atoms with Crippen molar-refractivity contribution in [3.63, 3.8) is 0 Å². The zero-order valence-corrected chi connectivity index (χ0v) is 11.6. The molecule has 19 heavy (non-hydrogen) atoms. The lowest BCUT2D eigenvalue weighted by molar-refractivity contribution is 0.0160. The molecule has 108 valence electrons. The van der Waals surface area contributed by atoms with Crippen molar-refractivity contribution < 1.29 is 10.2 Å². The standard InChI is InChI=1S/C9H13N5O3.2ClH/c1-3(15)6(16)4-2-11-7-5(12-4)8(17)14-9(10)13-7;;/h3-4,6,15-16H,2H2,1H3,(H3,10,11,13,14,17);2*1H. The number of anilines is 1. The molecule has 3 atom stereocenters. The maximum absolute atomic E-state index is 11.5. The van der Waals surface area contributed by atoms with Crippen molar-refractivity contribution in [2.75, 3.05) is 12.3 Å². The number of H-pyrrole nitrogens is 1. The molecule has 0 amide bonds. The first-order valence-electron chi connectivity index (χ1n) is 5.13. The third kappa shape index (κ3) is 3.63. The van der Waals surface area contributed by atoms with Gasteiger partial charge in [-0.15, -0.1) is 24.8 Å². The Balaban J connectivity index is 0.00000162. The van der Waals surface area contributed by atoms with Gasteiger partial charge in [0.2, 0.25) is 5.95 Å². The third-order valence-electron chi connectivity index (χ3n) is 2.51. The quantitative estimate of drug-likeness (QED) is 0.481. The van der Waals surface area contributed by atoms with E-state index in [0.717, 1.165) is 0 Å². The molecule has 0 radical (unpaired) electrons. The van der Waals surface area contributed by atoms with E-state index < -0.39 is 23.8 Å². The molecule has 1 aromatic heterocycles. The minimum atomic E-state index is -1.07. The maximum Gasteiger partial charge on any atom is 0.280 e. The Kier molecular flexibility index (Phi) is 6.37. The van der Waals surface area contributed by atoms with Gasteiger partial charge >= 0.3 is 0 Å². The Morgan fingerprint density at radius 2 is 2.05 bits per heavy atom. The molecule has 2 heterocycles. The van der Waals surface area contributed by atoms with Gasteiger partial charge in [-0.1, -0.05) is 0 Å². The first-order chi connectivity index (χ1) is 7.99. The highest BCUT2D eigenvalue weighted by molar-refractivity contribution is 5.85. The molecule has 0 fully saturated rings. The van der Waals surface area contributed by atoms with Crippen LogP contribution in [0.1, 0.15) is 6.92 Å². The average molecular weight is 312 g/mol. The van der Waals surface area contributed by atoms with E-state index in [1.165, 1.54) is 6.92 Å². The zero-order valence-electron chi connectivity index (χ0n) is 9.98. The summed E-state index contributed by atoms with van der Waals surface area (Å²) in [5.74, 6) is -0.0257. The number of rotatable bonds is 2. The number of hydrogen-bond donors (Lipinski definition) is 4. The van der Waals surface area contributed by atoms with Crippen LogP contribution in [-0.2, 0) is 0 Å². The van der Waals surface area contributed by atoms with E-state index in [2.05, 4.69) is 20.0 Å². The van der Waals surface area contributed by atoms with E-state index >= 15 is 0 Å². The number of aromatic nitrogens is 2. The van der Waals surface area contributed by atoms with Gasteiger partial charge in [0.15, 0.2) is 10.8 Å². The number of fused-ring (bicyclic) bond motifs is 1. The highest BCUT2D eigenvalue weighted by Gasteiger charge is 2.24. The molecule has 10 heteroatoms. The number of halogens is 2. The van der Waals surface area contributed by atoms with E-state index in [9.17, 15) is 15.0 Å². The lowest BCUT2D eigenvalue weighted by atomic mass is 10.1. The molecule has 0 aliphatic carbocycles. The lowest BCUT2D eigenvalue weighted by Gasteiger charge is -2.21. The predicted molar refractivity (Wildman–Crippen MR) is 72.4 cm³/mol. The Morgan fingerprint density at radius 1 is 1.42 bits per heavy atom. The summed E-state index contributed by atoms with van der Waals surface area (Å²) in [6.07, 6.45) is -2.01. The number of nitrogen functional groups attached to an aromatic ring is 1. The van der Waals surface area contributed by atoms with Gasteiger partial charge in [0, 0.05) is 0 Å². The summed E-state index contributed by atoms with van der Waals surface area (Å²) in [5.41, 5.74) is 5.03. The van der Waals surface area contributed by atoms with Crippen LogP contribution in [0, 0.1) is 0 Å². The van der Waals surface area contributed by atoms with Crippen molar-refractivity contribution >= 4 is 30.8 Å². The van der Waals surface area contributed by atoms with Gasteiger partial charge < -0.3 is 15.9 Å². The molecule has 5 N–H and O–H groups in total. The van der Waals surface area contributed by atoms with Crippen molar-refractivity contribution in [1.29, 1.82) is 0 Å². The van der Waals surface area contributed by atoms with Gasteiger partial charge in [0.05, 0.1) is 18.7 Å². The van der Waals surface area contributed by atoms with E-state index in [1.54, 1.807) is 0 Å². The highest BCUT2D eigenvalue weighted by Crippen LogP contribution is 2.04. The van der Waals surface area contributed by atoms with E-state index in [1.807, 2.05) is 0 Å². The predicted octanol–water partition coefficient (Wildman–Crippen LogP) is -2.44. The van der Waals surface area contributed by atoms with E-state index in [-0.39, 0.29) is 48.2 Å². The number of nitrogens with two attached hydrogens (primary N) is 1. The maximum atomic E-state index is 11.5. The van der Waals surface area contributed by atoms with Crippen molar-refractivity contribution in [1.82, 2.24) is 9.97 Å². The van der Waals surface area contributed by atoms with Gasteiger partial charge in [0.1, 0.15) is 6.10 Å². The largest absolute Gasteiger partial charge is 0.391 e. The van der Waals surface area contributed by atoms with Crippen molar-refractivity contribution in [2.45, 2.75) is 25.2 Å². The number of aliphatic hydroxyl groups excluding tert-OH is 2. The highest BCUT2D eigenvalue weighted by atomic mass is 35.5. The van der Waals surface area contributed by atoms with Gasteiger partial charge in [-0.2, -0.15) is 4.98 Å². The number of aliphatic hydroxyl groups is 2. The first-order valence-corrected chi connectivity index (χ1v) is 5.13. The second kappa shape index (κ2) is 6.80. The van der Waals surface area contributed by atoms with E-state index in [0.29, 0.717) is 0 Å². The zero-order chi connectivity index (χ0) is 12.6. The summed E-state index contributed by atoms with van der Waals surface area (Å²) >= 11 is 0. The fraction of sp³-hybridized carbons (Fsp3) is 0.556. The minimum Gasteiger partial charge on any atom is -0.391 e. The molecule has 1 aromatic rings. The second-order valence-corrected chi connectivity index (χ2v) is 3.89. The summed E-state index contributed by atoms with van der Waals surface area (Å²) in [5, 5.41) is 19.0. The summed E-state index contributed by atoms with van der Waals surface area (Å²) in [6.45, 7) is 1.61. The monoisotopic (exact) mass is 311 g/mol. The molecule has 0 saturated heterocycles. The molecule has 1 aliphatic heterocycles. The summed E-state index contributed by atoms with van der Waals surface area (Å²) < 4.78 is 0. The number of nitrogens with one attached hydrogen (secondary N) is 1. The van der Waals surface area contributed by atoms with Crippen LogP contribution < -0.4 is 22.1 Å². The van der Waals surface area contributed by atoms with Crippen LogP contribution in [0.15, 0.2) is 14.8 Å². The fourth-order valence-electron chi connectivity index (χ4n) is 1.59. The SMILES string of the molecule is CC(O)C(O)C1CN=c2nc(N)[nH]c(=O)c2=N1.Cl.Cl. The summed E-state index contributed by atoms with van der Waals surface area (Å²) in [7, 11) is 0. The molecular weight excluding hydrogens is 297 g/mol.